The molecule has 2 fully saturated rings. The summed E-state index contributed by atoms with van der Waals surface area (Å²) < 4.78 is 5.49. The van der Waals surface area contributed by atoms with Crippen molar-refractivity contribution < 1.29 is 9.53 Å². The standard InChI is InChI=1S/C16H30N2O2/c1-5-9-18-13-7-8-14(18)11-12(10-13)17-15(19)20-16(3,4)6-2/h12-14H,5-11H2,1-4H3,(H,17,19)/t12-,13-,14+. The van der Waals surface area contributed by atoms with Gasteiger partial charge in [-0.1, -0.05) is 13.8 Å². The number of amides is 1. The summed E-state index contributed by atoms with van der Waals surface area (Å²) in [6.45, 7) is 9.40. The highest BCUT2D eigenvalue weighted by Crippen LogP contribution is 2.35. The molecule has 1 amide bonds. The number of carbonyl (C=O) groups is 1. The molecule has 0 aliphatic carbocycles. The fraction of sp³-hybridized carbons (Fsp3) is 0.938. The van der Waals surface area contributed by atoms with Crippen molar-refractivity contribution in [1.82, 2.24) is 10.2 Å². The molecular weight excluding hydrogens is 252 g/mol. The average molecular weight is 282 g/mol. The number of hydrogen-bond acceptors (Lipinski definition) is 3. The van der Waals surface area contributed by atoms with Gasteiger partial charge in [-0.15, -0.1) is 0 Å². The smallest absolute Gasteiger partial charge is 0.407 e. The van der Waals surface area contributed by atoms with Gasteiger partial charge in [-0.05, 0) is 58.9 Å². The molecule has 2 aliphatic rings. The zero-order chi connectivity index (χ0) is 14.8. The molecule has 2 rings (SSSR count). The van der Waals surface area contributed by atoms with Gasteiger partial charge in [-0.3, -0.25) is 4.90 Å². The summed E-state index contributed by atoms with van der Waals surface area (Å²) in [6, 6.07) is 1.62. The lowest BCUT2D eigenvalue weighted by Gasteiger charge is -2.39. The first-order valence-corrected chi connectivity index (χ1v) is 8.20. The Morgan fingerprint density at radius 1 is 1.25 bits per heavy atom. The fourth-order valence-electron chi connectivity index (χ4n) is 3.53. The van der Waals surface area contributed by atoms with Crippen molar-refractivity contribution in [3.63, 3.8) is 0 Å². The van der Waals surface area contributed by atoms with Gasteiger partial charge in [0, 0.05) is 18.1 Å². The molecule has 116 valence electrons. The van der Waals surface area contributed by atoms with Gasteiger partial charge in [0.15, 0.2) is 0 Å². The number of fused-ring (bicyclic) bond motifs is 2. The van der Waals surface area contributed by atoms with E-state index in [0.29, 0.717) is 18.1 Å². The second kappa shape index (κ2) is 6.33. The number of alkyl carbamates (subject to hydrolysis) is 1. The Morgan fingerprint density at radius 2 is 1.85 bits per heavy atom. The quantitative estimate of drug-likeness (QED) is 0.841. The number of piperidine rings is 1. The number of rotatable bonds is 5. The zero-order valence-electron chi connectivity index (χ0n) is 13.4. The van der Waals surface area contributed by atoms with E-state index >= 15 is 0 Å². The third kappa shape index (κ3) is 3.66. The SMILES string of the molecule is CCCN1[C@@H]2CC[C@H]1C[C@H](NC(=O)OC(C)(C)CC)C2. The molecule has 2 bridgehead atoms. The summed E-state index contributed by atoms with van der Waals surface area (Å²) in [5.74, 6) is 0. The summed E-state index contributed by atoms with van der Waals surface area (Å²) in [5.41, 5.74) is -0.369. The maximum absolute atomic E-state index is 12.0. The van der Waals surface area contributed by atoms with Gasteiger partial charge in [0.2, 0.25) is 0 Å². The van der Waals surface area contributed by atoms with Crippen LogP contribution in [0.25, 0.3) is 0 Å². The number of hydrogen-bond donors (Lipinski definition) is 1. The molecule has 4 heteroatoms. The molecule has 0 aromatic carbocycles. The Kier molecular flexibility index (Phi) is 4.95. The van der Waals surface area contributed by atoms with E-state index in [-0.39, 0.29) is 11.7 Å². The van der Waals surface area contributed by atoms with Crippen LogP contribution in [0.1, 0.15) is 66.2 Å². The van der Waals surface area contributed by atoms with Crippen molar-refractivity contribution >= 4 is 6.09 Å². The first kappa shape index (κ1) is 15.6. The van der Waals surface area contributed by atoms with Crippen LogP contribution in [0.4, 0.5) is 4.79 Å². The Morgan fingerprint density at radius 3 is 2.35 bits per heavy atom. The maximum Gasteiger partial charge on any atom is 0.407 e. The molecule has 0 radical (unpaired) electrons. The average Bonchev–Trinajstić information content (AvgIpc) is 2.61. The maximum atomic E-state index is 12.0. The second-order valence-electron chi connectivity index (χ2n) is 6.94. The van der Waals surface area contributed by atoms with Crippen LogP contribution in [-0.4, -0.2) is 41.3 Å². The highest BCUT2D eigenvalue weighted by Gasteiger charge is 2.40. The predicted octanol–water partition coefficient (Wildman–Crippen LogP) is 3.31. The molecule has 4 nitrogen and oxygen atoms in total. The fourth-order valence-corrected chi connectivity index (χ4v) is 3.53. The number of ether oxygens (including phenoxy) is 1. The summed E-state index contributed by atoms with van der Waals surface area (Å²) in [6.07, 6.45) is 6.55. The van der Waals surface area contributed by atoms with Gasteiger partial charge in [-0.25, -0.2) is 4.79 Å². The summed E-state index contributed by atoms with van der Waals surface area (Å²) >= 11 is 0. The van der Waals surface area contributed by atoms with E-state index in [1.807, 2.05) is 20.8 Å². The summed E-state index contributed by atoms with van der Waals surface area (Å²) in [7, 11) is 0. The molecule has 2 saturated heterocycles. The molecule has 20 heavy (non-hydrogen) atoms. The molecule has 2 heterocycles. The van der Waals surface area contributed by atoms with Crippen LogP contribution in [0.2, 0.25) is 0 Å². The minimum Gasteiger partial charge on any atom is -0.444 e. The van der Waals surface area contributed by atoms with Crippen LogP contribution < -0.4 is 5.32 Å². The van der Waals surface area contributed by atoms with E-state index in [4.69, 9.17) is 4.74 Å². The molecule has 0 unspecified atom stereocenters. The predicted molar refractivity (Wildman–Crippen MR) is 80.8 cm³/mol. The van der Waals surface area contributed by atoms with Gasteiger partial charge in [0.25, 0.3) is 0 Å². The zero-order valence-corrected chi connectivity index (χ0v) is 13.4. The van der Waals surface area contributed by atoms with Crippen LogP contribution in [0.5, 0.6) is 0 Å². The summed E-state index contributed by atoms with van der Waals surface area (Å²) in [4.78, 5) is 14.6. The first-order chi connectivity index (χ1) is 9.45. The van der Waals surface area contributed by atoms with E-state index in [1.54, 1.807) is 0 Å². The normalized spacial score (nSPS) is 30.3. The first-order valence-electron chi connectivity index (χ1n) is 8.20. The van der Waals surface area contributed by atoms with Crippen molar-refractivity contribution in [2.24, 2.45) is 0 Å². The van der Waals surface area contributed by atoms with Crippen molar-refractivity contribution in [3.05, 3.63) is 0 Å². The van der Waals surface area contributed by atoms with Gasteiger partial charge in [0.1, 0.15) is 5.60 Å². The number of nitrogens with one attached hydrogen (secondary N) is 1. The molecule has 3 atom stereocenters. The Balaban J connectivity index is 1.83. The highest BCUT2D eigenvalue weighted by atomic mass is 16.6. The van der Waals surface area contributed by atoms with E-state index in [2.05, 4.69) is 17.1 Å². The number of carbonyl (C=O) groups excluding carboxylic acids is 1. The van der Waals surface area contributed by atoms with Crippen LogP contribution in [0.3, 0.4) is 0 Å². The Bertz CT molecular complexity index is 329. The third-order valence-corrected chi connectivity index (χ3v) is 4.91. The molecule has 0 aromatic heterocycles. The molecule has 0 spiro atoms. The largest absolute Gasteiger partial charge is 0.444 e. The topological polar surface area (TPSA) is 41.6 Å². The lowest BCUT2D eigenvalue weighted by atomic mass is 9.97. The second-order valence-corrected chi connectivity index (χ2v) is 6.94. The summed E-state index contributed by atoms with van der Waals surface area (Å²) in [5, 5.41) is 3.08. The van der Waals surface area contributed by atoms with Crippen molar-refractivity contribution in [2.45, 2.75) is 89.9 Å². The number of nitrogens with zero attached hydrogens (tertiary/aromatic N) is 1. The van der Waals surface area contributed by atoms with Crippen LogP contribution in [-0.2, 0) is 4.74 Å². The molecule has 2 aliphatic heterocycles. The lowest BCUT2D eigenvalue weighted by molar-refractivity contribution is 0.0298. The van der Waals surface area contributed by atoms with E-state index < -0.39 is 0 Å². The molecular formula is C16H30N2O2. The molecule has 0 aromatic rings. The minimum absolute atomic E-state index is 0.245. The van der Waals surface area contributed by atoms with Crippen LogP contribution in [0.15, 0.2) is 0 Å². The molecule has 0 saturated carbocycles. The van der Waals surface area contributed by atoms with Gasteiger partial charge < -0.3 is 10.1 Å². The van der Waals surface area contributed by atoms with Crippen molar-refractivity contribution in [2.75, 3.05) is 6.54 Å². The highest BCUT2D eigenvalue weighted by molar-refractivity contribution is 5.68. The van der Waals surface area contributed by atoms with Gasteiger partial charge in [-0.2, -0.15) is 0 Å². The van der Waals surface area contributed by atoms with E-state index in [0.717, 1.165) is 19.3 Å². The van der Waals surface area contributed by atoms with E-state index in [9.17, 15) is 4.79 Å². The van der Waals surface area contributed by atoms with E-state index in [1.165, 1.54) is 25.8 Å². The monoisotopic (exact) mass is 282 g/mol. The lowest BCUT2D eigenvalue weighted by Crippen LogP contribution is -2.51. The minimum atomic E-state index is -0.369. The van der Waals surface area contributed by atoms with Crippen molar-refractivity contribution in [1.29, 1.82) is 0 Å². The Hall–Kier alpha value is -0.770. The third-order valence-electron chi connectivity index (χ3n) is 4.91. The Labute approximate surface area is 123 Å². The van der Waals surface area contributed by atoms with Gasteiger partial charge in [0.05, 0.1) is 0 Å². The van der Waals surface area contributed by atoms with Crippen molar-refractivity contribution in [3.8, 4) is 0 Å². The molecule has 1 N–H and O–H groups in total. The van der Waals surface area contributed by atoms with Crippen LogP contribution >= 0.6 is 0 Å². The van der Waals surface area contributed by atoms with Gasteiger partial charge >= 0.3 is 6.09 Å². The van der Waals surface area contributed by atoms with Crippen LogP contribution in [0, 0.1) is 0 Å².